The highest BCUT2D eigenvalue weighted by atomic mass is 16.5. The first kappa shape index (κ1) is 9.45. The lowest BCUT2D eigenvalue weighted by molar-refractivity contribution is 0.101. The molecule has 0 amide bonds. The fourth-order valence-electron chi connectivity index (χ4n) is 0.829. The molecule has 3 heteroatoms. The summed E-state index contributed by atoms with van der Waals surface area (Å²) in [5.41, 5.74) is 0.450. The smallest absolute Gasteiger partial charge is 0.178 e. The number of Topliss-reactive ketones (excluding diaryl/α,β-unsaturated/α-hetero) is 1. The average molecular weight is 177 g/mol. The van der Waals surface area contributed by atoms with Crippen LogP contribution in [0, 0.1) is 0 Å². The van der Waals surface area contributed by atoms with Crippen LogP contribution in [-0.2, 0) is 0 Å². The number of carbonyl (C=O) groups excluding carboxylic acids is 1. The lowest BCUT2D eigenvalue weighted by Crippen LogP contribution is -1.98. The molecule has 1 heterocycles. The van der Waals surface area contributed by atoms with E-state index in [9.17, 15) is 4.79 Å². The molecule has 0 saturated heterocycles. The number of nitrogens with zero attached hydrogens (tertiary/aromatic N) is 1. The summed E-state index contributed by atoms with van der Waals surface area (Å²) in [6.07, 6.45) is 3.18. The topological polar surface area (TPSA) is 39.2 Å². The second-order valence-electron chi connectivity index (χ2n) is 2.54. The quantitative estimate of drug-likeness (QED) is 0.520. The van der Waals surface area contributed by atoms with Gasteiger partial charge in [0.1, 0.15) is 18.1 Å². The summed E-state index contributed by atoms with van der Waals surface area (Å²) in [4.78, 5) is 14.8. The number of ketones is 1. The highest BCUT2D eigenvalue weighted by Crippen LogP contribution is 2.08. The van der Waals surface area contributed by atoms with Gasteiger partial charge in [-0.25, -0.2) is 4.98 Å². The molecule has 0 atom stereocenters. The molecule has 0 fully saturated rings. The van der Waals surface area contributed by atoms with Crippen molar-refractivity contribution in [3.63, 3.8) is 0 Å². The van der Waals surface area contributed by atoms with E-state index in [0.29, 0.717) is 18.1 Å². The zero-order valence-electron chi connectivity index (χ0n) is 7.49. The number of aromatic nitrogens is 1. The molecule has 0 saturated carbocycles. The normalized spacial score (nSPS) is 9.31. The second kappa shape index (κ2) is 4.40. The van der Waals surface area contributed by atoms with Gasteiger partial charge in [-0.1, -0.05) is 12.7 Å². The molecule has 13 heavy (non-hydrogen) atoms. The van der Waals surface area contributed by atoms with Crippen molar-refractivity contribution in [1.82, 2.24) is 4.98 Å². The third-order valence-electron chi connectivity index (χ3n) is 1.46. The van der Waals surface area contributed by atoms with Crippen LogP contribution in [0.25, 0.3) is 0 Å². The largest absolute Gasteiger partial charge is 0.488 e. The van der Waals surface area contributed by atoms with Crippen LogP contribution in [0.2, 0.25) is 0 Å². The maximum absolute atomic E-state index is 10.9. The highest BCUT2D eigenvalue weighted by Gasteiger charge is 1.99. The van der Waals surface area contributed by atoms with Crippen LogP contribution in [0.3, 0.4) is 0 Å². The predicted molar refractivity (Wildman–Crippen MR) is 49.9 cm³/mol. The molecule has 0 aliphatic carbocycles. The molecule has 0 unspecified atom stereocenters. The number of hydrogen-bond acceptors (Lipinski definition) is 3. The molecule has 3 nitrogen and oxygen atoms in total. The number of pyridine rings is 1. The van der Waals surface area contributed by atoms with Gasteiger partial charge in [0.2, 0.25) is 0 Å². The Hall–Kier alpha value is -1.64. The van der Waals surface area contributed by atoms with Crippen LogP contribution < -0.4 is 4.74 Å². The van der Waals surface area contributed by atoms with Crippen molar-refractivity contribution in [2.75, 3.05) is 6.61 Å². The fraction of sp³-hybridized carbons (Fsp3) is 0.200. The molecule has 0 aliphatic heterocycles. The van der Waals surface area contributed by atoms with E-state index in [0.717, 1.165) is 0 Å². The second-order valence-corrected chi connectivity index (χ2v) is 2.54. The van der Waals surface area contributed by atoms with E-state index < -0.39 is 0 Å². The van der Waals surface area contributed by atoms with E-state index >= 15 is 0 Å². The number of hydrogen-bond donors (Lipinski definition) is 0. The summed E-state index contributed by atoms with van der Waals surface area (Å²) in [7, 11) is 0. The number of ether oxygens (including phenoxy) is 1. The van der Waals surface area contributed by atoms with Gasteiger partial charge in [-0.05, 0) is 12.1 Å². The van der Waals surface area contributed by atoms with Gasteiger partial charge in [0.15, 0.2) is 5.78 Å². The minimum atomic E-state index is -0.0460. The molecule has 0 N–H and O–H groups in total. The third kappa shape index (κ3) is 2.71. The van der Waals surface area contributed by atoms with Crippen LogP contribution in [-0.4, -0.2) is 17.4 Å². The SMILES string of the molecule is C=CCOc1ccc(C(C)=O)nc1. The fourth-order valence-corrected chi connectivity index (χ4v) is 0.829. The maximum Gasteiger partial charge on any atom is 0.178 e. The maximum atomic E-state index is 10.9. The van der Waals surface area contributed by atoms with Crippen LogP contribution in [0.1, 0.15) is 17.4 Å². The predicted octanol–water partition coefficient (Wildman–Crippen LogP) is 1.85. The van der Waals surface area contributed by atoms with Crippen molar-refractivity contribution in [1.29, 1.82) is 0 Å². The Balaban J connectivity index is 2.69. The van der Waals surface area contributed by atoms with Crippen molar-refractivity contribution in [3.8, 4) is 5.75 Å². The standard InChI is InChI=1S/C10H11NO2/c1-3-6-13-9-4-5-10(8(2)12)11-7-9/h3-5,7H,1,6H2,2H3. The Labute approximate surface area is 77.1 Å². The van der Waals surface area contributed by atoms with Gasteiger partial charge in [0.05, 0.1) is 6.20 Å². The summed E-state index contributed by atoms with van der Waals surface area (Å²) in [6, 6.07) is 3.36. The highest BCUT2D eigenvalue weighted by molar-refractivity contribution is 5.92. The van der Waals surface area contributed by atoms with Gasteiger partial charge < -0.3 is 4.74 Å². The first-order valence-corrected chi connectivity index (χ1v) is 3.94. The van der Waals surface area contributed by atoms with E-state index in [1.807, 2.05) is 0 Å². The van der Waals surface area contributed by atoms with E-state index in [2.05, 4.69) is 11.6 Å². The molecule has 0 spiro atoms. The van der Waals surface area contributed by atoms with Crippen molar-refractivity contribution in [2.45, 2.75) is 6.92 Å². The molecule has 0 radical (unpaired) electrons. The summed E-state index contributed by atoms with van der Waals surface area (Å²) in [5.74, 6) is 0.597. The van der Waals surface area contributed by atoms with Crippen LogP contribution in [0.4, 0.5) is 0 Å². The molecule has 1 aromatic rings. The number of rotatable bonds is 4. The lowest BCUT2D eigenvalue weighted by Gasteiger charge is -2.01. The van der Waals surface area contributed by atoms with Gasteiger partial charge in [-0.3, -0.25) is 4.79 Å². The summed E-state index contributed by atoms with van der Waals surface area (Å²) < 4.78 is 5.20. The zero-order valence-corrected chi connectivity index (χ0v) is 7.49. The van der Waals surface area contributed by atoms with Crippen molar-refractivity contribution in [3.05, 3.63) is 36.7 Å². The van der Waals surface area contributed by atoms with E-state index in [1.165, 1.54) is 13.1 Å². The first-order chi connectivity index (χ1) is 6.24. The molecular weight excluding hydrogens is 166 g/mol. The zero-order chi connectivity index (χ0) is 9.68. The minimum absolute atomic E-state index is 0.0460. The van der Waals surface area contributed by atoms with Gasteiger partial charge in [-0.15, -0.1) is 0 Å². The van der Waals surface area contributed by atoms with Crippen molar-refractivity contribution >= 4 is 5.78 Å². The molecular formula is C10H11NO2. The Morgan fingerprint density at radius 3 is 2.92 bits per heavy atom. The monoisotopic (exact) mass is 177 g/mol. The van der Waals surface area contributed by atoms with Gasteiger partial charge in [-0.2, -0.15) is 0 Å². The Morgan fingerprint density at radius 2 is 2.46 bits per heavy atom. The Kier molecular flexibility index (Phi) is 3.20. The molecule has 1 aromatic heterocycles. The minimum Gasteiger partial charge on any atom is -0.488 e. The molecule has 0 aromatic carbocycles. The molecule has 0 bridgehead atoms. The van der Waals surface area contributed by atoms with Crippen LogP contribution >= 0.6 is 0 Å². The summed E-state index contributed by atoms with van der Waals surface area (Å²) >= 11 is 0. The van der Waals surface area contributed by atoms with Gasteiger partial charge in [0, 0.05) is 6.92 Å². The molecule has 1 rings (SSSR count). The Bertz CT molecular complexity index is 303. The lowest BCUT2D eigenvalue weighted by atomic mass is 10.3. The van der Waals surface area contributed by atoms with E-state index in [-0.39, 0.29) is 5.78 Å². The Morgan fingerprint density at radius 1 is 1.69 bits per heavy atom. The van der Waals surface area contributed by atoms with Crippen molar-refractivity contribution in [2.24, 2.45) is 0 Å². The summed E-state index contributed by atoms with van der Waals surface area (Å²) in [6.45, 7) is 5.45. The van der Waals surface area contributed by atoms with Crippen molar-refractivity contribution < 1.29 is 9.53 Å². The first-order valence-electron chi connectivity index (χ1n) is 3.94. The third-order valence-corrected chi connectivity index (χ3v) is 1.46. The average Bonchev–Trinajstić information content (AvgIpc) is 2.15. The van der Waals surface area contributed by atoms with E-state index in [1.54, 1.807) is 18.2 Å². The van der Waals surface area contributed by atoms with Gasteiger partial charge >= 0.3 is 0 Å². The van der Waals surface area contributed by atoms with Gasteiger partial charge in [0.25, 0.3) is 0 Å². The van der Waals surface area contributed by atoms with E-state index in [4.69, 9.17) is 4.74 Å². The molecule has 68 valence electrons. The number of carbonyl (C=O) groups is 1. The summed E-state index contributed by atoms with van der Waals surface area (Å²) in [5, 5.41) is 0. The van der Waals surface area contributed by atoms with Crippen LogP contribution in [0.5, 0.6) is 5.75 Å². The van der Waals surface area contributed by atoms with Crippen LogP contribution in [0.15, 0.2) is 31.0 Å². The molecule has 0 aliphatic rings.